The van der Waals surface area contributed by atoms with Crippen LogP contribution in [-0.2, 0) is 73.3 Å². The van der Waals surface area contributed by atoms with Crippen LogP contribution in [0, 0.1) is 34.0 Å². The molecule has 0 radical (unpaired) electrons. The van der Waals surface area contributed by atoms with Crippen molar-refractivity contribution in [2.24, 2.45) is 34.0 Å². The van der Waals surface area contributed by atoms with Gasteiger partial charge in [-0.15, -0.1) is 0 Å². The van der Waals surface area contributed by atoms with Crippen molar-refractivity contribution in [3.8, 4) is 0 Å². The predicted molar refractivity (Wildman–Crippen MR) is 348 cm³/mol. The monoisotopic (exact) mass is 1320 g/mol. The van der Waals surface area contributed by atoms with E-state index in [-0.39, 0.29) is 60.0 Å². The van der Waals surface area contributed by atoms with E-state index in [2.05, 4.69) is 26.6 Å². The van der Waals surface area contributed by atoms with Crippen LogP contribution in [-0.4, -0.2) is 149 Å². The first-order valence-electron chi connectivity index (χ1n) is 32.5. The van der Waals surface area contributed by atoms with Gasteiger partial charge < -0.3 is 60.5 Å². The molecule has 514 valence electrons. The van der Waals surface area contributed by atoms with Crippen molar-refractivity contribution < 1.29 is 86.6 Å². The molecule has 4 aliphatic rings. The number of benzene rings is 4. The number of aliphatic hydroxyl groups is 2. The summed E-state index contributed by atoms with van der Waals surface area (Å²) in [5.74, 6) is -12.4. The molecule has 23 heteroatoms. The standard InChI is InChI=1S/C73H89N5O18/c1-12-69(7,8)68(90)75-39-56(83)76-52(34-45-25-17-13-18-26-45)65(87)77-51(33-41(2)3)64(86)74-38-49(81)35-50(58(46-27-19-14-20-28-46)78-63(85)47-29-21-15-22-30-47)67(89)94-53-37-73(91)62(95-66(88)48-31-23-16-24-32-48)60-71(11,54(82)36-55-72(60,40-92-55)96-44(6)80)61(84)59(93-43(5)79)57(42(53)4)70(73,9)10/h13-32,41,50-55,58-60,62,82,91H,12,33-40H2,1-11H3,(H,74,86)(H,75,90)(H,76,83)(H,77,87)(H,78,85)/t50-,51+,52+,53+,54+,55-,58+,59-,60+,62+,71-,72+,73-/m1/s1. The Hall–Kier alpha value is -8.93. The molecular weight excluding hydrogens is 1230 g/mol. The Labute approximate surface area is 558 Å². The van der Waals surface area contributed by atoms with Crippen LogP contribution >= 0.6 is 0 Å². The smallest absolute Gasteiger partial charge is 0.338 e. The van der Waals surface area contributed by atoms with E-state index in [1.165, 1.54) is 52.0 Å². The lowest BCUT2D eigenvalue weighted by Crippen LogP contribution is -2.82. The summed E-state index contributed by atoms with van der Waals surface area (Å²) in [6.45, 7) is 15.5. The Balaban J connectivity index is 1.17. The van der Waals surface area contributed by atoms with E-state index in [0.29, 0.717) is 17.5 Å². The van der Waals surface area contributed by atoms with Crippen LogP contribution in [0.4, 0.5) is 0 Å². The van der Waals surface area contributed by atoms with E-state index in [1.807, 2.05) is 20.8 Å². The van der Waals surface area contributed by atoms with E-state index in [4.69, 9.17) is 23.7 Å². The number of amides is 5. The minimum atomic E-state index is -2.54. The van der Waals surface area contributed by atoms with Gasteiger partial charge in [0.2, 0.25) is 23.6 Å². The maximum atomic E-state index is 16.0. The molecule has 1 aliphatic heterocycles. The van der Waals surface area contributed by atoms with Crippen LogP contribution in [0.1, 0.15) is 146 Å². The Kier molecular flexibility index (Phi) is 22.8. The van der Waals surface area contributed by atoms with Gasteiger partial charge in [-0.1, -0.05) is 146 Å². The van der Waals surface area contributed by atoms with Gasteiger partial charge in [0.05, 0.1) is 54.7 Å². The minimum Gasteiger partial charge on any atom is -0.457 e. The SMILES string of the molecule is CCC(C)(C)C(=O)NCC(=O)N[C@@H](Cc1ccccc1)C(=O)N[C@@H](CC(C)C)C(=O)NCC(=O)C[C@@H](C(=O)O[C@H]1C[C@@]2(O)[C@@H](OC(=O)c3ccccc3)[C@@H]3[C@]4(OC(C)=O)CO[C@@H]4C[C@H](O)[C@@]3(C)C(=O)[C@H](OC(C)=O)C(=C1C)C2(C)C)[C@@H](NC(=O)c1ccccc1)c1ccccc1. The lowest BCUT2D eigenvalue weighted by Gasteiger charge is -2.67. The number of esters is 4. The largest absolute Gasteiger partial charge is 0.457 e. The summed E-state index contributed by atoms with van der Waals surface area (Å²) in [4.78, 5) is 158. The molecule has 2 saturated carbocycles. The highest BCUT2D eigenvalue weighted by Gasteiger charge is 2.78. The van der Waals surface area contributed by atoms with Gasteiger partial charge in [0.25, 0.3) is 5.91 Å². The van der Waals surface area contributed by atoms with Crippen molar-refractivity contribution in [2.45, 2.75) is 175 Å². The predicted octanol–water partition coefficient (Wildman–Crippen LogP) is 5.88. The van der Waals surface area contributed by atoms with Gasteiger partial charge in [-0.2, -0.15) is 0 Å². The van der Waals surface area contributed by atoms with E-state index < -0.39 is 173 Å². The maximum absolute atomic E-state index is 16.0. The fourth-order valence-corrected chi connectivity index (χ4v) is 13.9. The molecule has 0 spiro atoms. The molecule has 7 N–H and O–H groups in total. The molecule has 1 heterocycles. The first-order chi connectivity index (χ1) is 45.3. The molecule has 0 aromatic heterocycles. The van der Waals surface area contributed by atoms with Gasteiger partial charge in [-0.25, -0.2) is 4.79 Å². The Bertz CT molecular complexity index is 3600. The van der Waals surface area contributed by atoms with Crippen molar-refractivity contribution in [2.75, 3.05) is 19.7 Å². The Morgan fingerprint density at radius 2 is 1.31 bits per heavy atom. The number of nitrogens with one attached hydrogen (secondary N) is 5. The second-order valence-corrected chi connectivity index (χ2v) is 27.4. The molecule has 23 nitrogen and oxygen atoms in total. The number of aliphatic hydroxyl groups excluding tert-OH is 1. The zero-order valence-electron chi connectivity index (χ0n) is 56.2. The van der Waals surface area contributed by atoms with E-state index in [1.54, 1.807) is 111 Å². The highest BCUT2D eigenvalue weighted by Crippen LogP contribution is 2.64. The second kappa shape index (κ2) is 30.0. The van der Waals surface area contributed by atoms with Crippen molar-refractivity contribution >= 4 is 65.0 Å². The number of rotatable bonds is 26. The molecule has 4 aromatic carbocycles. The number of ether oxygens (including phenoxy) is 5. The molecule has 4 aromatic rings. The van der Waals surface area contributed by atoms with Gasteiger partial charge >= 0.3 is 23.9 Å². The third-order valence-electron chi connectivity index (χ3n) is 19.7. The molecule has 1 saturated heterocycles. The van der Waals surface area contributed by atoms with Gasteiger partial charge in [0.1, 0.15) is 36.0 Å². The number of carbonyl (C=O) groups is 11. The summed E-state index contributed by atoms with van der Waals surface area (Å²) in [5.41, 5.74) is -7.96. The van der Waals surface area contributed by atoms with Crippen LogP contribution in [0.25, 0.3) is 0 Å². The molecule has 2 bridgehead atoms. The van der Waals surface area contributed by atoms with Crippen molar-refractivity contribution in [3.63, 3.8) is 0 Å². The average molecular weight is 1320 g/mol. The number of hydrogen-bond acceptors (Lipinski definition) is 18. The summed E-state index contributed by atoms with van der Waals surface area (Å²) < 4.78 is 31.3. The molecule has 96 heavy (non-hydrogen) atoms. The summed E-state index contributed by atoms with van der Waals surface area (Å²) in [6.07, 6.45) is -9.43. The van der Waals surface area contributed by atoms with Crippen molar-refractivity contribution in [1.29, 1.82) is 0 Å². The summed E-state index contributed by atoms with van der Waals surface area (Å²) in [7, 11) is 0. The molecule has 3 fully saturated rings. The van der Waals surface area contributed by atoms with Gasteiger partial charge in [0.15, 0.2) is 23.3 Å². The summed E-state index contributed by atoms with van der Waals surface area (Å²) in [5, 5.41) is 40.2. The van der Waals surface area contributed by atoms with Crippen molar-refractivity contribution in [1.82, 2.24) is 26.6 Å². The maximum Gasteiger partial charge on any atom is 0.338 e. The van der Waals surface area contributed by atoms with Gasteiger partial charge in [-0.05, 0) is 79.1 Å². The van der Waals surface area contributed by atoms with Gasteiger partial charge in [0, 0.05) is 55.9 Å². The number of carbonyl (C=O) groups excluding carboxylic acids is 11. The zero-order chi connectivity index (χ0) is 70.2. The number of hydrogen-bond donors (Lipinski definition) is 7. The normalized spacial score (nSPS) is 25.3. The first kappa shape index (κ1) is 72.9. The van der Waals surface area contributed by atoms with Crippen molar-refractivity contribution in [3.05, 3.63) is 155 Å². The average Bonchev–Trinajstić information content (AvgIpc) is 0.670. The number of ketones is 2. The molecular formula is C73H89N5O18. The van der Waals surface area contributed by atoms with E-state index >= 15 is 9.59 Å². The highest BCUT2D eigenvalue weighted by molar-refractivity contribution is 5.98. The van der Waals surface area contributed by atoms with E-state index in [0.717, 1.165) is 13.8 Å². The van der Waals surface area contributed by atoms with Crippen LogP contribution < -0.4 is 26.6 Å². The topological polar surface area (TPSA) is 335 Å². The quantitative estimate of drug-likeness (QED) is 0.0219. The third kappa shape index (κ3) is 15.5. The fourth-order valence-electron chi connectivity index (χ4n) is 13.9. The van der Waals surface area contributed by atoms with E-state index in [9.17, 15) is 53.4 Å². The van der Waals surface area contributed by atoms with Crippen LogP contribution in [0.5, 0.6) is 0 Å². The Morgan fingerprint density at radius 3 is 1.88 bits per heavy atom. The molecule has 8 rings (SSSR count). The molecule has 3 aliphatic carbocycles. The van der Waals surface area contributed by atoms with Gasteiger partial charge in [-0.3, -0.25) is 47.9 Å². The first-order valence-corrected chi connectivity index (χ1v) is 32.5. The molecule has 13 atom stereocenters. The zero-order valence-corrected chi connectivity index (χ0v) is 56.2. The molecule has 0 unspecified atom stereocenters. The minimum absolute atomic E-state index is 0.000637. The third-order valence-corrected chi connectivity index (χ3v) is 19.7. The lowest BCUT2D eigenvalue weighted by atomic mass is 9.44. The summed E-state index contributed by atoms with van der Waals surface area (Å²) in [6, 6.07) is 28.9. The van der Waals surface area contributed by atoms with Crippen LogP contribution in [0.2, 0.25) is 0 Å². The van der Waals surface area contributed by atoms with Crippen LogP contribution in [0.3, 0.4) is 0 Å². The fraction of sp³-hybridized carbons (Fsp3) is 0.493. The lowest BCUT2D eigenvalue weighted by molar-refractivity contribution is -0.346. The van der Waals surface area contributed by atoms with Crippen LogP contribution in [0.15, 0.2) is 132 Å². The number of fused-ring (bicyclic) bond motifs is 5. The summed E-state index contributed by atoms with van der Waals surface area (Å²) >= 11 is 0. The molecule has 5 amide bonds. The number of Topliss-reactive ketones (excluding diaryl/α,β-unsaturated/α-hetero) is 2. The Morgan fingerprint density at radius 1 is 0.719 bits per heavy atom. The highest BCUT2D eigenvalue weighted by atomic mass is 16.6. The second-order valence-electron chi connectivity index (χ2n) is 27.4.